The van der Waals surface area contributed by atoms with Crippen molar-refractivity contribution in [3.8, 4) is 0 Å². The number of unbranched alkanes of at least 4 members (excludes halogenated alkanes) is 1. The van der Waals surface area contributed by atoms with Gasteiger partial charge >= 0.3 is 6.18 Å². The molecule has 2 nitrogen and oxygen atoms in total. The van der Waals surface area contributed by atoms with E-state index in [1.54, 1.807) is 4.90 Å². The van der Waals surface area contributed by atoms with Crippen LogP contribution in [0.5, 0.6) is 0 Å². The molecule has 5 heteroatoms. The highest BCUT2D eigenvalue weighted by Gasteiger charge is 2.46. The van der Waals surface area contributed by atoms with Crippen LogP contribution in [0.15, 0.2) is 0 Å². The SMILES string of the molecule is CC(C)N1CCN(CCCCC2CCCCC2)C(C(F)(F)F)C1. The summed E-state index contributed by atoms with van der Waals surface area (Å²) in [5.41, 5.74) is 0. The van der Waals surface area contributed by atoms with Crippen molar-refractivity contribution < 1.29 is 13.2 Å². The number of alkyl halides is 3. The van der Waals surface area contributed by atoms with Crippen LogP contribution in [0.2, 0.25) is 0 Å². The van der Waals surface area contributed by atoms with Gasteiger partial charge in [-0.25, -0.2) is 0 Å². The van der Waals surface area contributed by atoms with E-state index in [9.17, 15) is 13.2 Å². The highest BCUT2D eigenvalue weighted by molar-refractivity contribution is 4.88. The zero-order chi connectivity index (χ0) is 16.9. The average molecular weight is 334 g/mol. The van der Waals surface area contributed by atoms with Crippen molar-refractivity contribution in [1.29, 1.82) is 0 Å². The predicted octanol–water partition coefficient (Wildman–Crippen LogP) is 4.69. The zero-order valence-corrected chi connectivity index (χ0v) is 14.7. The van der Waals surface area contributed by atoms with Gasteiger partial charge in [0.1, 0.15) is 6.04 Å². The third kappa shape index (κ3) is 5.93. The molecule has 1 saturated carbocycles. The van der Waals surface area contributed by atoms with E-state index < -0.39 is 12.2 Å². The second-order valence-electron chi connectivity index (χ2n) is 7.68. The fourth-order valence-electron chi connectivity index (χ4n) is 4.11. The zero-order valence-electron chi connectivity index (χ0n) is 14.7. The Hall–Kier alpha value is -0.290. The van der Waals surface area contributed by atoms with Gasteiger partial charge in [0.25, 0.3) is 0 Å². The van der Waals surface area contributed by atoms with Crippen molar-refractivity contribution in [2.24, 2.45) is 5.92 Å². The Morgan fingerprint density at radius 1 is 1.00 bits per heavy atom. The van der Waals surface area contributed by atoms with Crippen LogP contribution in [0.4, 0.5) is 13.2 Å². The molecule has 0 N–H and O–H groups in total. The summed E-state index contributed by atoms with van der Waals surface area (Å²) in [6.45, 7) is 5.99. The highest BCUT2D eigenvalue weighted by atomic mass is 19.4. The van der Waals surface area contributed by atoms with Gasteiger partial charge in [0.15, 0.2) is 0 Å². The van der Waals surface area contributed by atoms with E-state index in [0.29, 0.717) is 13.1 Å². The fraction of sp³-hybridized carbons (Fsp3) is 1.00. The lowest BCUT2D eigenvalue weighted by Gasteiger charge is -2.43. The Balaban J connectivity index is 1.75. The Bertz CT molecular complexity index is 338. The van der Waals surface area contributed by atoms with Crippen molar-refractivity contribution in [2.45, 2.75) is 83.5 Å². The second kappa shape index (κ2) is 8.70. The lowest BCUT2D eigenvalue weighted by molar-refractivity contribution is -0.198. The predicted molar refractivity (Wildman–Crippen MR) is 88.6 cm³/mol. The van der Waals surface area contributed by atoms with E-state index in [1.165, 1.54) is 38.5 Å². The van der Waals surface area contributed by atoms with Gasteiger partial charge in [-0.05, 0) is 32.7 Å². The normalized spacial score (nSPS) is 26.1. The first-order valence-electron chi connectivity index (χ1n) is 9.42. The van der Waals surface area contributed by atoms with Gasteiger partial charge in [-0.3, -0.25) is 9.80 Å². The molecular weight excluding hydrogens is 301 g/mol. The highest BCUT2D eigenvalue weighted by Crippen LogP contribution is 2.30. The van der Waals surface area contributed by atoms with Crippen LogP contribution >= 0.6 is 0 Å². The Labute approximate surface area is 139 Å². The number of piperazine rings is 1. The van der Waals surface area contributed by atoms with Crippen LogP contribution < -0.4 is 0 Å². The van der Waals surface area contributed by atoms with Crippen molar-refractivity contribution >= 4 is 0 Å². The number of rotatable bonds is 6. The molecule has 1 heterocycles. The summed E-state index contributed by atoms with van der Waals surface area (Å²) in [6.07, 6.45) is 5.81. The average Bonchev–Trinajstić information content (AvgIpc) is 2.51. The first-order valence-corrected chi connectivity index (χ1v) is 9.42. The summed E-state index contributed by atoms with van der Waals surface area (Å²) in [5.74, 6) is 0.833. The summed E-state index contributed by atoms with van der Waals surface area (Å²) in [6, 6.07) is -1.10. The molecule has 0 aromatic carbocycles. The number of nitrogens with zero attached hydrogens (tertiary/aromatic N) is 2. The van der Waals surface area contributed by atoms with Crippen LogP contribution in [0.3, 0.4) is 0 Å². The summed E-state index contributed by atoms with van der Waals surface area (Å²) < 4.78 is 40.1. The van der Waals surface area contributed by atoms with Gasteiger partial charge in [-0.15, -0.1) is 0 Å². The number of hydrogen-bond donors (Lipinski definition) is 0. The third-order valence-corrected chi connectivity index (χ3v) is 5.66. The molecule has 0 aromatic heterocycles. The lowest BCUT2D eigenvalue weighted by Crippen LogP contribution is -2.60. The Morgan fingerprint density at radius 2 is 1.70 bits per heavy atom. The molecule has 23 heavy (non-hydrogen) atoms. The Kier molecular flexibility index (Phi) is 7.20. The van der Waals surface area contributed by atoms with Crippen LogP contribution in [0.25, 0.3) is 0 Å². The molecule has 1 saturated heterocycles. The van der Waals surface area contributed by atoms with Crippen molar-refractivity contribution in [3.05, 3.63) is 0 Å². The fourth-order valence-corrected chi connectivity index (χ4v) is 4.11. The second-order valence-corrected chi connectivity index (χ2v) is 7.68. The topological polar surface area (TPSA) is 6.48 Å². The van der Waals surface area contributed by atoms with E-state index in [4.69, 9.17) is 0 Å². The lowest BCUT2D eigenvalue weighted by atomic mass is 9.86. The molecule has 0 bridgehead atoms. The van der Waals surface area contributed by atoms with Gasteiger partial charge < -0.3 is 0 Å². The van der Waals surface area contributed by atoms with Crippen molar-refractivity contribution in [3.63, 3.8) is 0 Å². The van der Waals surface area contributed by atoms with Crippen LogP contribution in [-0.4, -0.2) is 54.2 Å². The van der Waals surface area contributed by atoms with E-state index in [-0.39, 0.29) is 12.6 Å². The molecule has 1 aliphatic carbocycles. The minimum atomic E-state index is -4.11. The van der Waals surface area contributed by atoms with Gasteiger partial charge in [0.05, 0.1) is 0 Å². The van der Waals surface area contributed by atoms with E-state index >= 15 is 0 Å². The molecule has 0 amide bonds. The van der Waals surface area contributed by atoms with E-state index in [2.05, 4.69) is 0 Å². The minimum absolute atomic E-state index is 0.129. The summed E-state index contributed by atoms with van der Waals surface area (Å²) in [7, 11) is 0. The van der Waals surface area contributed by atoms with Gasteiger partial charge in [0, 0.05) is 25.7 Å². The van der Waals surface area contributed by atoms with Gasteiger partial charge in [-0.1, -0.05) is 44.9 Å². The molecule has 2 fully saturated rings. The quantitative estimate of drug-likeness (QED) is 0.650. The molecule has 1 atom stereocenters. The first kappa shape index (κ1) is 19.0. The largest absolute Gasteiger partial charge is 0.405 e. The number of hydrogen-bond acceptors (Lipinski definition) is 2. The maximum atomic E-state index is 13.4. The summed E-state index contributed by atoms with van der Waals surface area (Å²) in [4.78, 5) is 3.64. The molecule has 136 valence electrons. The van der Waals surface area contributed by atoms with Gasteiger partial charge in [-0.2, -0.15) is 13.2 Å². The monoisotopic (exact) mass is 334 g/mol. The molecular formula is C18H33F3N2. The van der Waals surface area contributed by atoms with E-state index in [0.717, 1.165) is 25.3 Å². The molecule has 0 aromatic rings. The summed E-state index contributed by atoms with van der Waals surface area (Å²) >= 11 is 0. The maximum Gasteiger partial charge on any atom is 0.405 e. The van der Waals surface area contributed by atoms with E-state index in [1.807, 2.05) is 18.7 Å². The molecule has 0 spiro atoms. The first-order chi connectivity index (χ1) is 10.9. The molecule has 0 radical (unpaired) electrons. The van der Waals surface area contributed by atoms with Gasteiger partial charge in [0.2, 0.25) is 0 Å². The molecule has 1 aliphatic heterocycles. The van der Waals surface area contributed by atoms with Crippen LogP contribution in [0, 0.1) is 5.92 Å². The smallest absolute Gasteiger partial charge is 0.298 e. The van der Waals surface area contributed by atoms with Crippen LogP contribution in [0.1, 0.15) is 65.2 Å². The summed E-state index contributed by atoms with van der Waals surface area (Å²) in [5, 5.41) is 0. The molecule has 1 unspecified atom stereocenters. The maximum absolute atomic E-state index is 13.4. The van der Waals surface area contributed by atoms with Crippen molar-refractivity contribution in [2.75, 3.05) is 26.2 Å². The third-order valence-electron chi connectivity index (χ3n) is 5.66. The minimum Gasteiger partial charge on any atom is -0.298 e. The molecule has 2 aliphatic rings. The van der Waals surface area contributed by atoms with Crippen LogP contribution in [-0.2, 0) is 0 Å². The van der Waals surface area contributed by atoms with Crippen molar-refractivity contribution in [1.82, 2.24) is 9.80 Å². The molecule has 2 rings (SSSR count). The standard InChI is InChI=1S/C18H33F3N2/c1-15(2)23-13-12-22(17(14-23)18(19,20)21)11-7-6-10-16-8-4-3-5-9-16/h15-17H,3-14H2,1-2H3. The number of halogens is 3. The Morgan fingerprint density at radius 3 is 2.30 bits per heavy atom.